The third-order valence-corrected chi connectivity index (χ3v) is 5.42. The fraction of sp³-hybridized carbons (Fsp3) is 0.350. The van der Waals surface area contributed by atoms with Crippen LogP contribution in [0, 0.1) is 0 Å². The Bertz CT molecular complexity index is 705. The van der Waals surface area contributed by atoms with Crippen molar-refractivity contribution < 1.29 is 4.79 Å². The Morgan fingerprint density at radius 1 is 1.00 bits per heavy atom. The number of hydrogen-bond donors (Lipinski definition) is 0. The van der Waals surface area contributed by atoms with Gasteiger partial charge < -0.3 is 4.90 Å². The van der Waals surface area contributed by atoms with Crippen LogP contribution in [0.15, 0.2) is 52.3 Å². The van der Waals surface area contributed by atoms with Gasteiger partial charge in [-0.15, -0.1) is 0 Å². The number of fused-ring (bicyclic) bond motifs is 2. The minimum Gasteiger partial charge on any atom is -0.339 e. The maximum atomic E-state index is 13.0. The van der Waals surface area contributed by atoms with Crippen LogP contribution in [0.2, 0.25) is 0 Å². The van der Waals surface area contributed by atoms with E-state index in [9.17, 15) is 4.79 Å². The van der Waals surface area contributed by atoms with E-state index < -0.39 is 0 Å². The summed E-state index contributed by atoms with van der Waals surface area (Å²) in [7, 11) is 0. The third kappa shape index (κ3) is 3.30. The smallest absolute Gasteiger partial charge is 0.254 e. The molecule has 0 bridgehead atoms. The maximum absolute atomic E-state index is 13.0. The summed E-state index contributed by atoms with van der Waals surface area (Å²) in [4.78, 5) is 17.6. The van der Waals surface area contributed by atoms with Crippen molar-refractivity contribution in [3.05, 3.63) is 59.2 Å². The van der Waals surface area contributed by atoms with Crippen LogP contribution >= 0.6 is 11.8 Å². The molecule has 120 valence electrons. The molecule has 1 aliphatic rings. The number of carbonyl (C=O) groups excluding carboxylic acids is 1. The van der Waals surface area contributed by atoms with Crippen molar-refractivity contribution in [2.75, 3.05) is 13.1 Å². The lowest BCUT2D eigenvalue weighted by Gasteiger charge is -2.26. The Hall–Kier alpha value is -1.74. The molecule has 0 N–H and O–H groups in total. The number of hydrogen-bond acceptors (Lipinski definition) is 2. The summed E-state index contributed by atoms with van der Waals surface area (Å²) in [6.07, 6.45) is 2.85. The predicted octanol–water partition coefficient (Wildman–Crippen LogP) is 5.00. The average molecular weight is 325 g/mol. The van der Waals surface area contributed by atoms with Gasteiger partial charge in [-0.1, -0.05) is 49.9 Å². The van der Waals surface area contributed by atoms with Gasteiger partial charge in [-0.3, -0.25) is 4.79 Å². The molecule has 0 aliphatic carbocycles. The molecule has 0 radical (unpaired) electrons. The third-order valence-electron chi connectivity index (χ3n) is 4.20. The van der Waals surface area contributed by atoms with Gasteiger partial charge in [0.05, 0.1) is 0 Å². The first-order chi connectivity index (χ1) is 11.2. The second-order valence-electron chi connectivity index (χ2n) is 5.96. The summed E-state index contributed by atoms with van der Waals surface area (Å²) >= 11 is 1.78. The lowest BCUT2D eigenvalue weighted by atomic mass is 9.98. The van der Waals surface area contributed by atoms with Crippen LogP contribution in [0.25, 0.3) is 0 Å². The fourth-order valence-electron chi connectivity index (χ4n) is 3.13. The summed E-state index contributed by atoms with van der Waals surface area (Å²) in [6, 6.07) is 14.6. The quantitative estimate of drug-likeness (QED) is 0.657. The summed E-state index contributed by atoms with van der Waals surface area (Å²) in [5, 5.41) is 0. The Balaban J connectivity index is 1.95. The van der Waals surface area contributed by atoms with Gasteiger partial charge in [0.15, 0.2) is 0 Å². The predicted molar refractivity (Wildman–Crippen MR) is 96.3 cm³/mol. The summed E-state index contributed by atoms with van der Waals surface area (Å²) < 4.78 is 0. The molecule has 2 aromatic rings. The number of benzene rings is 2. The molecule has 1 amide bonds. The Labute approximate surface area is 142 Å². The van der Waals surface area contributed by atoms with Crippen molar-refractivity contribution in [3.63, 3.8) is 0 Å². The van der Waals surface area contributed by atoms with Crippen LogP contribution in [0.1, 0.15) is 48.2 Å². The minimum absolute atomic E-state index is 0.186. The van der Waals surface area contributed by atoms with E-state index in [1.807, 2.05) is 17.0 Å². The van der Waals surface area contributed by atoms with Crippen LogP contribution in [0.4, 0.5) is 0 Å². The van der Waals surface area contributed by atoms with Crippen LogP contribution in [-0.2, 0) is 6.42 Å². The zero-order valence-electron chi connectivity index (χ0n) is 13.8. The highest BCUT2D eigenvalue weighted by Crippen LogP contribution is 2.40. The standard InChI is InChI=1S/C20H23NOS/c1-3-12-21(13-4-2)20(22)16-9-7-11-19-17(16)14-15-8-5-6-10-18(15)23-19/h5-11H,3-4,12-14H2,1-2H3. The van der Waals surface area contributed by atoms with E-state index in [1.165, 1.54) is 20.9 Å². The Kier molecular flexibility index (Phi) is 5.06. The van der Waals surface area contributed by atoms with Gasteiger partial charge in [-0.05, 0) is 42.2 Å². The molecule has 3 rings (SSSR count). The van der Waals surface area contributed by atoms with E-state index in [0.717, 1.165) is 37.9 Å². The van der Waals surface area contributed by atoms with Crippen molar-refractivity contribution in [2.24, 2.45) is 0 Å². The number of rotatable bonds is 5. The highest BCUT2D eigenvalue weighted by Gasteiger charge is 2.23. The van der Waals surface area contributed by atoms with E-state index in [2.05, 4.69) is 44.2 Å². The molecule has 23 heavy (non-hydrogen) atoms. The molecule has 2 nitrogen and oxygen atoms in total. The molecule has 0 aromatic heterocycles. The minimum atomic E-state index is 0.186. The molecule has 0 atom stereocenters. The topological polar surface area (TPSA) is 20.3 Å². The average Bonchev–Trinajstić information content (AvgIpc) is 2.58. The molecule has 0 saturated carbocycles. The highest BCUT2D eigenvalue weighted by atomic mass is 32.2. The summed E-state index contributed by atoms with van der Waals surface area (Å²) in [6.45, 7) is 5.92. The van der Waals surface area contributed by atoms with Crippen LogP contribution in [0.3, 0.4) is 0 Å². The van der Waals surface area contributed by atoms with Crippen molar-refractivity contribution in [3.8, 4) is 0 Å². The molecular weight excluding hydrogens is 302 g/mol. The van der Waals surface area contributed by atoms with Crippen molar-refractivity contribution in [1.29, 1.82) is 0 Å². The molecule has 0 fully saturated rings. The van der Waals surface area contributed by atoms with E-state index in [0.29, 0.717) is 0 Å². The molecule has 2 aromatic carbocycles. The van der Waals surface area contributed by atoms with Gasteiger partial charge in [0.25, 0.3) is 5.91 Å². The second-order valence-corrected chi connectivity index (χ2v) is 7.04. The van der Waals surface area contributed by atoms with Crippen molar-refractivity contribution in [1.82, 2.24) is 4.90 Å². The molecule has 3 heteroatoms. The fourth-order valence-corrected chi connectivity index (χ4v) is 4.23. The lowest BCUT2D eigenvalue weighted by molar-refractivity contribution is 0.0754. The summed E-state index contributed by atoms with van der Waals surface area (Å²) in [5.41, 5.74) is 3.40. The maximum Gasteiger partial charge on any atom is 0.254 e. The van der Waals surface area contributed by atoms with Gasteiger partial charge >= 0.3 is 0 Å². The number of amides is 1. The van der Waals surface area contributed by atoms with Crippen LogP contribution < -0.4 is 0 Å². The van der Waals surface area contributed by atoms with Crippen LogP contribution in [0.5, 0.6) is 0 Å². The molecular formula is C20H23NOS. The van der Waals surface area contributed by atoms with E-state index in [1.54, 1.807) is 11.8 Å². The molecule has 1 aliphatic heterocycles. The van der Waals surface area contributed by atoms with E-state index in [-0.39, 0.29) is 5.91 Å². The Morgan fingerprint density at radius 2 is 1.70 bits per heavy atom. The molecule has 0 unspecified atom stereocenters. The number of nitrogens with zero attached hydrogens (tertiary/aromatic N) is 1. The first-order valence-corrected chi connectivity index (χ1v) is 9.23. The molecule has 0 saturated heterocycles. The zero-order chi connectivity index (χ0) is 16.2. The Morgan fingerprint density at radius 3 is 2.43 bits per heavy atom. The molecule has 1 heterocycles. The summed E-state index contributed by atoms with van der Waals surface area (Å²) in [5.74, 6) is 0.186. The van der Waals surface area contributed by atoms with Gasteiger partial charge in [-0.25, -0.2) is 0 Å². The highest BCUT2D eigenvalue weighted by molar-refractivity contribution is 7.99. The first kappa shape index (κ1) is 16.1. The van der Waals surface area contributed by atoms with Gasteiger partial charge in [0.1, 0.15) is 0 Å². The van der Waals surface area contributed by atoms with Crippen LogP contribution in [-0.4, -0.2) is 23.9 Å². The second kappa shape index (κ2) is 7.22. The monoisotopic (exact) mass is 325 g/mol. The van der Waals surface area contributed by atoms with E-state index >= 15 is 0 Å². The van der Waals surface area contributed by atoms with Gasteiger partial charge in [0, 0.05) is 34.9 Å². The van der Waals surface area contributed by atoms with E-state index in [4.69, 9.17) is 0 Å². The first-order valence-electron chi connectivity index (χ1n) is 8.41. The lowest BCUT2D eigenvalue weighted by Crippen LogP contribution is -2.33. The molecule has 0 spiro atoms. The zero-order valence-corrected chi connectivity index (χ0v) is 14.7. The van der Waals surface area contributed by atoms with Crippen molar-refractivity contribution in [2.45, 2.75) is 42.9 Å². The number of carbonyl (C=O) groups is 1. The van der Waals surface area contributed by atoms with Crippen molar-refractivity contribution >= 4 is 17.7 Å². The SMILES string of the molecule is CCCN(CCC)C(=O)c1cccc2c1Cc1ccccc1S2. The van der Waals surface area contributed by atoms with Gasteiger partial charge in [-0.2, -0.15) is 0 Å². The normalized spacial score (nSPS) is 12.4. The van der Waals surface area contributed by atoms with Gasteiger partial charge in [0.2, 0.25) is 0 Å². The largest absolute Gasteiger partial charge is 0.339 e.